The molecule has 0 saturated heterocycles. The summed E-state index contributed by atoms with van der Waals surface area (Å²) in [4.78, 5) is 10.5. The molecule has 1 aliphatic carbocycles. The van der Waals surface area contributed by atoms with Crippen LogP contribution >= 0.6 is 38.5 Å². The molecule has 19 heavy (non-hydrogen) atoms. The predicted octanol–water partition coefficient (Wildman–Crippen LogP) is 3.62. The third-order valence-corrected chi connectivity index (χ3v) is 5.10. The first-order chi connectivity index (χ1) is 9.01. The van der Waals surface area contributed by atoms with Crippen LogP contribution in [0.3, 0.4) is 0 Å². The lowest BCUT2D eigenvalue weighted by Crippen LogP contribution is -2.15. The largest absolute Gasteiger partial charge is 0.485 e. The first kappa shape index (κ1) is 14.5. The molecule has 0 spiro atoms. The molecule has 0 aliphatic heterocycles. The van der Waals surface area contributed by atoms with Gasteiger partial charge in [0.25, 0.3) is 0 Å². The zero-order valence-electron chi connectivity index (χ0n) is 9.86. The number of nitro benzene ring substituents is 1. The molecule has 7 heteroatoms. The van der Waals surface area contributed by atoms with Crippen molar-refractivity contribution in [2.75, 3.05) is 11.9 Å². The molecular formula is C12H10BrIN2O3. The second-order valence-corrected chi connectivity index (χ2v) is 6.32. The number of hydrogen-bond donors (Lipinski definition) is 0. The van der Waals surface area contributed by atoms with E-state index in [4.69, 9.17) is 10.00 Å². The summed E-state index contributed by atoms with van der Waals surface area (Å²) in [7, 11) is 0. The number of nitro groups is 1. The lowest BCUT2D eigenvalue weighted by Gasteiger charge is -2.14. The van der Waals surface area contributed by atoms with Gasteiger partial charge in [-0.15, -0.1) is 0 Å². The summed E-state index contributed by atoms with van der Waals surface area (Å²) >= 11 is 5.40. The Bertz CT molecular complexity index is 567. The number of ether oxygens (including phenoxy) is 1. The third kappa shape index (κ3) is 3.17. The molecule has 0 atom stereocenters. The van der Waals surface area contributed by atoms with Crippen LogP contribution in [0.1, 0.15) is 18.4 Å². The fourth-order valence-electron chi connectivity index (χ4n) is 1.64. The van der Waals surface area contributed by atoms with Gasteiger partial charge in [0, 0.05) is 16.8 Å². The fourth-order valence-corrected chi connectivity index (χ4v) is 3.13. The molecule has 0 radical (unpaired) electrons. The van der Waals surface area contributed by atoms with Crippen molar-refractivity contribution in [3.05, 3.63) is 31.4 Å². The second kappa shape index (κ2) is 5.63. The first-order valence-corrected chi connectivity index (χ1v) is 7.78. The second-order valence-electron chi connectivity index (χ2n) is 4.60. The molecule has 1 aliphatic rings. The maximum absolute atomic E-state index is 11.1. The molecular weight excluding hydrogens is 427 g/mol. The predicted molar refractivity (Wildman–Crippen MR) is 81.5 cm³/mol. The van der Waals surface area contributed by atoms with Crippen molar-refractivity contribution in [3.63, 3.8) is 0 Å². The van der Waals surface area contributed by atoms with E-state index in [0.717, 1.165) is 18.2 Å². The van der Waals surface area contributed by atoms with E-state index < -0.39 is 4.92 Å². The number of rotatable bonds is 5. The SMILES string of the molecule is N#Cc1cc(I)c(OCC2(CBr)CC2)c([N+](=O)[O-])c1. The van der Waals surface area contributed by atoms with Crippen molar-refractivity contribution in [2.45, 2.75) is 12.8 Å². The molecule has 1 saturated carbocycles. The van der Waals surface area contributed by atoms with Gasteiger partial charge >= 0.3 is 5.69 Å². The van der Waals surface area contributed by atoms with Gasteiger partial charge in [-0.3, -0.25) is 10.1 Å². The van der Waals surface area contributed by atoms with Crippen molar-refractivity contribution in [1.82, 2.24) is 0 Å². The minimum atomic E-state index is -0.508. The molecule has 1 fully saturated rings. The van der Waals surface area contributed by atoms with Gasteiger partial charge in [-0.25, -0.2) is 0 Å². The van der Waals surface area contributed by atoms with Gasteiger partial charge in [-0.1, -0.05) is 15.9 Å². The van der Waals surface area contributed by atoms with Crippen LogP contribution in [-0.2, 0) is 0 Å². The zero-order chi connectivity index (χ0) is 14.0. The van der Waals surface area contributed by atoms with E-state index in [2.05, 4.69) is 15.9 Å². The zero-order valence-corrected chi connectivity index (χ0v) is 13.6. The Morgan fingerprint density at radius 2 is 2.26 bits per heavy atom. The quantitative estimate of drug-likeness (QED) is 0.305. The fraction of sp³-hybridized carbons (Fsp3) is 0.417. The Morgan fingerprint density at radius 1 is 1.58 bits per heavy atom. The van der Waals surface area contributed by atoms with Crippen molar-refractivity contribution in [3.8, 4) is 11.8 Å². The topological polar surface area (TPSA) is 76.2 Å². The smallest absolute Gasteiger partial charge is 0.313 e. The van der Waals surface area contributed by atoms with Crippen LogP contribution in [0.5, 0.6) is 5.75 Å². The van der Waals surface area contributed by atoms with Crippen LogP contribution < -0.4 is 4.74 Å². The van der Waals surface area contributed by atoms with Crippen molar-refractivity contribution in [2.24, 2.45) is 5.41 Å². The number of nitriles is 1. The van der Waals surface area contributed by atoms with E-state index in [1.54, 1.807) is 6.07 Å². The maximum atomic E-state index is 11.1. The van der Waals surface area contributed by atoms with E-state index >= 15 is 0 Å². The van der Waals surface area contributed by atoms with Crippen LogP contribution in [0.4, 0.5) is 5.69 Å². The number of nitrogens with zero attached hydrogens (tertiary/aromatic N) is 2. The molecule has 1 aromatic rings. The lowest BCUT2D eigenvalue weighted by molar-refractivity contribution is -0.386. The Hall–Kier alpha value is -0.880. The molecule has 0 amide bonds. The molecule has 0 aromatic heterocycles. The molecule has 5 nitrogen and oxygen atoms in total. The Morgan fingerprint density at radius 3 is 2.74 bits per heavy atom. The van der Waals surface area contributed by atoms with E-state index in [0.29, 0.717) is 10.2 Å². The minimum absolute atomic E-state index is 0.116. The summed E-state index contributed by atoms with van der Waals surface area (Å²) in [6.45, 7) is 0.459. The van der Waals surface area contributed by atoms with Gasteiger partial charge in [0.05, 0.1) is 26.7 Å². The third-order valence-electron chi connectivity index (χ3n) is 3.11. The number of halogens is 2. The summed E-state index contributed by atoms with van der Waals surface area (Å²) in [6, 6.07) is 4.76. The average molecular weight is 437 g/mol. The molecule has 0 bridgehead atoms. The summed E-state index contributed by atoms with van der Waals surface area (Å²) in [5.41, 5.74) is 0.240. The van der Waals surface area contributed by atoms with E-state index in [1.165, 1.54) is 6.07 Å². The average Bonchev–Trinajstić information content (AvgIpc) is 3.17. The van der Waals surface area contributed by atoms with E-state index in [1.807, 2.05) is 28.7 Å². The summed E-state index contributed by atoms with van der Waals surface area (Å²) in [5, 5.41) is 20.7. The van der Waals surface area contributed by atoms with Crippen molar-refractivity contribution < 1.29 is 9.66 Å². The number of hydrogen-bond acceptors (Lipinski definition) is 4. The summed E-state index contributed by atoms with van der Waals surface area (Å²) in [5.74, 6) is 0.261. The standard InChI is InChI=1S/C12H10BrIN2O3/c13-6-12(1-2-12)7-19-11-9(14)3-8(5-15)4-10(11)16(17)18/h3-4H,1-2,6-7H2. The molecule has 2 rings (SSSR count). The summed E-state index contributed by atoms with van der Waals surface area (Å²) in [6.07, 6.45) is 2.14. The van der Waals surface area contributed by atoms with Gasteiger partial charge in [0.15, 0.2) is 0 Å². The number of benzene rings is 1. The molecule has 1 aromatic carbocycles. The molecule has 0 N–H and O–H groups in total. The van der Waals surface area contributed by atoms with E-state index in [-0.39, 0.29) is 22.4 Å². The highest BCUT2D eigenvalue weighted by Gasteiger charge is 2.43. The highest BCUT2D eigenvalue weighted by Crippen LogP contribution is 2.48. The molecule has 0 unspecified atom stereocenters. The molecule has 100 valence electrons. The molecule has 0 heterocycles. The van der Waals surface area contributed by atoms with Crippen LogP contribution in [0.15, 0.2) is 12.1 Å². The van der Waals surface area contributed by atoms with Crippen molar-refractivity contribution >= 4 is 44.2 Å². The first-order valence-electron chi connectivity index (χ1n) is 5.58. The van der Waals surface area contributed by atoms with Crippen LogP contribution in [0.2, 0.25) is 0 Å². The number of alkyl halides is 1. The van der Waals surface area contributed by atoms with Gasteiger partial charge in [-0.2, -0.15) is 5.26 Å². The van der Waals surface area contributed by atoms with E-state index in [9.17, 15) is 10.1 Å². The highest BCUT2D eigenvalue weighted by atomic mass is 127. The lowest BCUT2D eigenvalue weighted by atomic mass is 10.1. The minimum Gasteiger partial charge on any atom is -0.485 e. The summed E-state index contributed by atoms with van der Waals surface area (Å²) < 4.78 is 6.25. The van der Waals surface area contributed by atoms with Gasteiger partial charge < -0.3 is 4.74 Å². The van der Waals surface area contributed by atoms with Crippen LogP contribution in [0.25, 0.3) is 0 Å². The monoisotopic (exact) mass is 436 g/mol. The Labute approximate surface area is 132 Å². The van der Waals surface area contributed by atoms with Crippen molar-refractivity contribution in [1.29, 1.82) is 5.26 Å². The van der Waals surface area contributed by atoms with Crippen LogP contribution in [-0.4, -0.2) is 16.9 Å². The normalized spacial score (nSPS) is 15.6. The Balaban J connectivity index is 2.28. The highest BCUT2D eigenvalue weighted by molar-refractivity contribution is 14.1. The van der Waals surface area contributed by atoms with Gasteiger partial charge in [0.2, 0.25) is 5.75 Å². The van der Waals surface area contributed by atoms with Crippen LogP contribution in [0, 0.1) is 30.4 Å². The van der Waals surface area contributed by atoms with Gasteiger partial charge in [-0.05, 0) is 41.5 Å². The maximum Gasteiger partial charge on any atom is 0.313 e. The van der Waals surface area contributed by atoms with Gasteiger partial charge in [0.1, 0.15) is 0 Å². The Kier molecular flexibility index (Phi) is 4.30.